The average Bonchev–Trinajstić information content (AvgIpc) is 2.99. The van der Waals surface area contributed by atoms with E-state index < -0.39 is 0 Å². The van der Waals surface area contributed by atoms with Crippen LogP contribution in [0.2, 0.25) is 0 Å². The minimum Gasteiger partial charge on any atom is -0.303 e. The third kappa shape index (κ3) is 1.42. The summed E-state index contributed by atoms with van der Waals surface area (Å²) in [6, 6.07) is 3.83. The maximum atomic E-state index is 10.5. The number of hydrogen-bond acceptors (Lipinski definition) is 3. The first kappa shape index (κ1) is 8.59. The van der Waals surface area contributed by atoms with Crippen LogP contribution in [0.25, 0.3) is 5.65 Å². The summed E-state index contributed by atoms with van der Waals surface area (Å²) >= 11 is 0. The molecule has 1 aliphatic rings. The molecule has 4 nitrogen and oxygen atoms in total. The number of carbonyl (C=O) groups is 1. The van der Waals surface area contributed by atoms with Crippen molar-refractivity contribution in [2.24, 2.45) is 0 Å². The summed E-state index contributed by atoms with van der Waals surface area (Å²) in [7, 11) is 0. The summed E-state index contributed by atoms with van der Waals surface area (Å²) in [5.41, 5.74) is 1.78. The average molecular weight is 201 g/mol. The van der Waals surface area contributed by atoms with Crippen molar-refractivity contribution < 1.29 is 4.79 Å². The molecule has 2 aromatic heterocycles. The van der Waals surface area contributed by atoms with Crippen molar-refractivity contribution in [2.45, 2.75) is 25.2 Å². The number of carbonyl (C=O) groups excluding carboxylic acids is 1. The highest BCUT2D eigenvalue weighted by Gasteiger charge is 2.28. The smallest absolute Gasteiger partial charge is 0.159 e. The molecule has 3 rings (SSSR count). The van der Waals surface area contributed by atoms with Crippen LogP contribution < -0.4 is 0 Å². The number of aromatic nitrogens is 3. The topological polar surface area (TPSA) is 47.3 Å². The lowest BCUT2D eigenvalue weighted by Gasteiger charge is -1.95. The minimum absolute atomic E-state index is 0.410. The predicted molar refractivity (Wildman–Crippen MR) is 54.7 cm³/mol. The van der Waals surface area contributed by atoms with Crippen molar-refractivity contribution in [3.63, 3.8) is 0 Å². The number of fused-ring (bicyclic) bond motifs is 1. The summed E-state index contributed by atoms with van der Waals surface area (Å²) in [5, 5.41) is 4.41. The molecule has 0 atom stereocenters. The molecule has 2 heterocycles. The second-order valence-corrected chi connectivity index (χ2v) is 3.92. The molecule has 0 N–H and O–H groups in total. The maximum absolute atomic E-state index is 10.5. The van der Waals surface area contributed by atoms with Crippen LogP contribution in [-0.4, -0.2) is 20.9 Å². The Morgan fingerprint density at radius 3 is 3.13 bits per heavy atom. The molecule has 0 unspecified atom stereocenters. The van der Waals surface area contributed by atoms with E-state index in [1.807, 2.05) is 18.3 Å². The molecule has 76 valence electrons. The molecule has 0 aromatic carbocycles. The Kier molecular flexibility index (Phi) is 1.80. The van der Waals surface area contributed by atoms with Crippen LogP contribution in [0, 0.1) is 0 Å². The van der Waals surface area contributed by atoms with E-state index in [0.717, 1.165) is 23.3 Å². The van der Waals surface area contributed by atoms with Gasteiger partial charge < -0.3 is 4.79 Å². The normalized spacial score (nSPS) is 15.7. The van der Waals surface area contributed by atoms with E-state index in [1.54, 1.807) is 4.52 Å². The van der Waals surface area contributed by atoms with E-state index in [0.29, 0.717) is 12.3 Å². The first-order valence-corrected chi connectivity index (χ1v) is 5.16. The largest absolute Gasteiger partial charge is 0.303 e. The van der Waals surface area contributed by atoms with Gasteiger partial charge in [0.2, 0.25) is 0 Å². The van der Waals surface area contributed by atoms with Gasteiger partial charge in [0.15, 0.2) is 11.5 Å². The van der Waals surface area contributed by atoms with Crippen molar-refractivity contribution in [3.8, 4) is 0 Å². The van der Waals surface area contributed by atoms with E-state index in [1.165, 1.54) is 12.8 Å². The van der Waals surface area contributed by atoms with Gasteiger partial charge in [0.25, 0.3) is 0 Å². The SMILES string of the molecule is O=CCc1cccn2nc(C3CC3)nc12. The van der Waals surface area contributed by atoms with Crippen molar-refractivity contribution in [1.82, 2.24) is 14.6 Å². The van der Waals surface area contributed by atoms with Crippen molar-refractivity contribution in [3.05, 3.63) is 29.7 Å². The van der Waals surface area contributed by atoms with Gasteiger partial charge in [-0.2, -0.15) is 5.10 Å². The molecule has 0 saturated heterocycles. The van der Waals surface area contributed by atoms with Crippen LogP contribution in [-0.2, 0) is 11.2 Å². The predicted octanol–water partition coefficient (Wildman–Crippen LogP) is 1.35. The zero-order valence-electron chi connectivity index (χ0n) is 8.26. The quantitative estimate of drug-likeness (QED) is 0.704. The lowest BCUT2D eigenvalue weighted by Crippen LogP contribution is -1.93. The van der Waals surface area contributed by atoms with Crippen molar-refractivity contribution in [1.29, 1.82) is 0 Å². The number of nitrogens with zero attached hydrogens (tertiary/aromatic N) is 3. The second kappa shape index (κ2) is 3.15. The van der Waals surface area contributed by atoms with E-state index in [9.17, 15) is 4.79 Å². The van der Waals surface area contributed by atoms with Crippen LogP contribution in [0.3, 0.4) is 0 Å². The van der Waals surface area contributed by atoms with Crippen LogP contribution in [0.4, 0.5) is 0 Å². The zero-order valence-corrected chi connectivity index (χ0v) is 8.26. The monoisotopic (exact) mass is 201 g/mol. The summed E-state index contributed by atoms with van der Waals surface area (Å²) in [6.45, 7) is 0. The Morgan fingerprint density at radius 1 is 1.53 bits per heavy atom. The molecular weight excluding hydrogens is 190 g/mol. The Balaban J connectivity index is 2.14. The molecule has 15 heavy (non-hydrogen) atoms. The standard InChI is InChI=1S/C11H11N3O/c15-7-5-9-2-1-6-14-11(9)12-10(13-14)8-3-4-8/h1-2,6-8H,3-5H2. The van der Waals surface area contributed by atoms with Crippen LogP contribution >= 0.6 is 0 Å². The summed E-state index contributed by atoms with van der Waals surface area (Å²) < 4.78 is 1.77. The third-order valence-corrected chi connectivity index (χ3v) is 2.71. The van der Waals surface area contributed by atoms with Crippen LogP contribution in [0.15, 0.2) is 18.3 Å². The fourth-order valence-electron chi connectivity index (χ4n) is 1.74. The molecule has 4 heteroatoms. The molecule has 0 amide bonds. The zero-order chi connectivity index (χ0) is 10.3. The summed E-state index contributed by atoms with van der Waals surface area (Å²) in [5.74, 6) is 1.47. The van der Waals surface area contributed by atoms with E-state index in [4.69, 9.17) is 0 Å². The van der Waals surface area contributed by atoms with Crippen LogP contribution in [0.1, 0.15) is 30.1 Å². The number of aldehydes is 1. The number of rotatable bonds is 3. The van der Waals surface area contributed by atoms with E-state index in [2.05, 4.69) is 10.1 Å². The number of pyridine rings is 1. The molecule has 1 aliphatic carbocycles. The molecule has 0 spiro atoms. The highest BCUT2D eigenvalue weighted by molar-refractivity contribution is 5.61. The highest BCUT2D eigenvalue weighted by Crippen LogP contribution is 2.38. The minimum atomic E-state index is 0.410. The maximum Gasteiger partial charge on any atom is 0.159 e. The van der Waals surface area contributed by atoms with Gasteiger partial charge in [-0.25, -0.2) is 9.50 Å². The molecular formula is C11H11N3O. The Morgan fingerprint density at radius 2 is 2.40 bits per heavy atom. The fraction of sp³-hybridized carbons (Fsp3) is 0.364. The van der Waals surface area contributed by atoms with Gasteiger partial charge in [-0.1, -0.05) is 6.07 Å². The molecule has 0 aliphatic heterocycles. The summed E-state index contributed by atoms with van der Waals surface area (Å²) in [4.78, 5) is 15.0. The molecule has 0 bridgehead atoms. The highest BCUT2D eigenvalue weighted by atomic mass is 16.1. The van der Waals surface area contributed by atoms with Gasteiger partial charge in [-0.15, -0.1) is 0 Å². The third-order valence-electron chi connectivity index (χ3n) is 2.71. The van der Waals surface area contributed by atoms with Crippen molar-refractivity contribution >= 4 is 11.9 Å². The van der Waals surface area contributed by atoms with Gasteiger partial charge >= 0.3 is 0 Å². The molecule has 1 fully saturated rings. The lowest BCUT2D eigenvalue weighted by molar-refractivity contribution is -0.107. The van der Waals surface area contributed by atoms with E-state index in [-0.39, 0.29) is 0 Å². The van der Waals surface area contributed by atoms with Gasteiger partial charge in [-0.3, -0.25) is 0 Å². The Hall–Kier alpha value is -1.71. The fourth-order valence-corrected chi connectivity index (χ4v) is 1.74. The van der Waals surface area contributed by atoms with E-state index >= 15 is 0 Å². The van der Waals surface area contributed by atoms with Crippen molar-refractivity contribution in [2.75, 3.05) is 0 Å². The Labute approximate surface area is 86.9 Å². The van der Waals surface area contributed by atoms with Crippen LogP contribution in [0.5, 0.6) is 0 Å². The van der Waals surface area contributed by atoms with Gasteiger partial charge in [0, 0.05) is 24.1 Å². The first-order valence-electron chi connectivity index (χ1n) is 5.16. The lowest BCUT2D eigenvalue weighted by atomic mass is 10.2. The molecule has 2 aromatic rings. The summed E-state index contributed by atoms with van der Waals surface area (Å²) in [6.07, 6.45) is 5.58. The Bertz CT molecular complexity index is 514. The second-order valence-electron chi connectivity index (χ2n) is 3.92. The van der Waals surface area contributed by atoms with Gasteiger partial charge in [-0.05, 0) is 18.9 Å². The molecule has 0 radical (unpaired) electrons. The first-order chi connectivity index (χ1) is 7.38. The van der Waals surface area contributed by atoms with Gasteiger partial charge in [0.1, 0.15) is 6.29 Å². The molecule has 1 saturated carbocycles. The van der Waals surface area contributed by atoms with Gasteiger partial charge in [0.05, 0.1) is 0 Å². The number of hydrogen-bond donors (Lipinski definition) is 0.